The monoisotopic (exact) mass is 222 g/mol. The van der Waals surface area contributed by atoms with Crippen molar-refractivity contribution in [1.82, 2.24) is 14.8 Å². The molecule has 0 fully saturated rings. The topological polar surface area (TPSA) is 56.7 Å². The van der Waals surface area contributed by atoms with E-state index in [1.165, 1.54) is 0 Å². The van der Waals surface area contributed by atoms with Crippen molar-refractivity contribution in [3.8, 4) is 0 Å². The normalized spacial score (nSPS) is 13.1. The van der Waals surface area contributed by atoms with Crippen LogP contribution in [0, 0.1) is 13.8 Å². The molecule has 2 aromatic heterocycles. The molecule has 2 aromatic rings. The van der Waals surface area contributed by atoms with Gasteiger partial charge in [-0.05, 0) is 13.8 Å². The van der Waals surface area contributed by atoms with Crippen LogP contribution in [0.15, 0.2) is 12.4 Å². The van der Waals surface area contributed by atoms with E-state index >= 15 is 0 Å². The number of thiazole rings is 1. The highest BCUT2D eigenvalue weighted by molar-refractivity contribution is 7.11. The first-order valence-corrected chi connectivity index (χ1v) is 5.57. The number of rotatable bonds is 2. The number of aromatic nitrogens is 3. The summed E-state index contributed by atoms with van der Waals surface area (Å²) in [6, 6.07) is -0.107. The molecule has 0 spiro atoms. The van der Waals surface area contributed by atoms with Crippen molar-refractivity contribution in [1.29, 1.82) is 0 Å². The SMILES string of the molecule is Cc1nc(C)c(C(N)c2cnn(C)c2)s1. The molecular weight excluding hydrogens is 208 g/mol. The van der Waals surface area contributed by atoms with Gasteiger partial charge in [0.05, 0.1) is 22.9 Å². The lowest BCUT2D eigenvalue weighted by Gasteiger charge is -2.06. The third kappa shape index (κ3) is 1.93. The molecular formula is C10H14N4S. The summed E-state index contributed by atoms with van der Waals surface area (Å²) < 4.78 is 1.76. The lowest BCUT2D eigenvalue weighted by atomic mass is 10.1. The Morgan fingerprint density at radius 3 is 2.67 bits per heavy atom. The molecule has 15 heavy (non-hydrogen) atoms. The van der Waals surface area contributed by atoms with Gasteiger partial charge < -0.3 is 5.73 Å². The third-order valence-corrected chi connectivity index (χ3v) is 3.46. The number of hydrogen-bond acceptors (Lipinski definition) is 4. The standard InChI is InChI=1S/C10H14N4S/c1-6-10(15-7(2)13-6)9(11)8-4-12-14(3)5-8/h4-5,9H,11H2,1-3H3. The second kappa shape index (κ2) is 3.75. The van der Waals surface area contributed by atoms with Crippen LogP contribution in [-0.2, 0) is 7.05 Å². The Kier molecular flexibility index (Phi) is 2.58. The Hall–Kier alpha value is -1.20. The van der Waals surface area contributed by atoms with Gasteiger partial charge in [0.2, 0.25) is 0 Å². The molecule has 0 saturated heterocycles. The average Bonchev–Trinajstić information content (AvgIpc) is 2.71. The molecule has 0 bridgehead atoms. The summed E-state index contributed by atoms with van der Waals surface area (Å²) in [7, 11) is 1.89. The molecule has 5 heteroatoms. The number of aryl methyl sites for hydroxylation is 3. The molecule has 0 aliphatic carbocycles. The molecule has 0 aliphatic heterocycles. The zero-order valence-electron chi connectivity index (χ0n) is 9.06. The van der Waals surface area contributed by atoms with E-state index in [1.54, 1.807) is 22.2 Å². The molecule has 0 aromatic carbocycles. The Balaban J connectivity index is 2.35. The molecule has 0 radical (unpaired) electrons. The Morgan fingerprint density at radius 2 is 2.20 bits per heavy atom. The van der Waals surface area contributed by atoms with Crippen molar-refractivity contribution in [2.45, 2.75) is 19.9 Å². The molecule has 1 atom stereocenters. The van der Waals surface area contributed by atoms with Crippen molar-refractivity contribution < 1.29 is 0 Å². The first-order chi connectivity index (χ1) is 7.08. The van der Waals surface area contributed by atoms with Gasteiger partial charge in [-0.15, -0.1) is 11.3 Å². The van der Waals surface area contributed by atoms with Crippen LogP contribution in [0.3, 0.4) is 0 Å². The van der Waals surface area contributed by atoms with Crippen LogP contribution >= 0.6 is 11.3 Å². The summed E-state index contributed by atoms with van der Waals surface area (Å²) in [5.74, 6) is 0. The second-order valence-electron chi connectivity index (χ2n) is 3.61. The fourth-order valence-corrected chi connectivity index (χ4v) is 2.54. The Labute approximate surface area is 92.8 Å². The van der Waals surface area contributed by atoms with Gasteiger partial charge in [-0.25, -0.2) is 4.98 Å². The quantitative estimate of drug-likeness (QED) is 0.838. The lowest BCUT2D eigenvalue weighted by Crippen LogP contribution is -2.10. The molecule has 0 amide bonds. The van der Waals surface area contributed by atoms with Crippen LogP contribution in [-0.4, -0.2) is 14.8 Å². The molecule has 4 nitrogen and oxygen atoms in total. The average molecular weight is 222 g/mol. The highest BCUT2D eigenvalue weighted by atomic mass is 32.1. The molecule has 0 saturated carbocycles. The first-order valence-electron chi connectivity index (χ1n) is 4.76. The maximum absolute atomic E-state index is 6.16. The van der Waals surface area contributed by atoms with E-state index in [1.807, 2.05) is 27.1 Å². The highest BCUT2D eigenvalue weighted by Crippen LogP contribution is 2.27. The predicted octanol–water partition coefficient (Wildman–Crippen LogP) is 1.54. The summed E-state index contributed by atoms with van der Waals surface area (Å²) in [6.07, 6.45) is 3.75. The van der Waals surface area contributed by atoms with Crippen LogP contribution in [0.1, 0.15) is 27.2 Å². The van der Waals surface area contributed by atoms with Gasteiger partial charge in [0, 0.05) is 23.7 Å². The highest BCUT2D eigenvalue weighted by Gasteiger charge is 2.16. The number of nitrogens with two attached hydrogens (primary N) is 1. The maximum atomic E-state index is 6.16. The van der Waals surface area contributed by atoms with Crippen LogP contribution in [0.5, 0.6) is 0 Å². The molecule has 2 heterocycles. The minimum atomic E-state index is -0.107. The van der Waals surface area contributed by atoms with Crippen LogP contribution in [0.2, 0.25) is 0 Å². The second-order valence-corrected chi connectivity index (χ2v) is 4.84. The van der Waals surface area contributed by atoms with Crippen molar-refractivity contribution in [2.75, 3.05) is 0 Å². The van der Waals surface area contributed by atoms with Crippen LogP contribution in [0.4, 0.5) is 0 Å². The molecule has 1 unspecified atom stereocenters. The van der Waals surface area contributed by atoms with Gasteiger partial charge in [0.1, 0.15) is 0 Å². The zero-order valence-corrected chi connectivity index (χ0v) is 9.88. The smallest absolute Gasteiger partial charge is 0.0900 e. The molecule has 2 rings (SSSR count). The van der Waals surface area contributed by atoms with Crippen LogP contribution in [0.25, 0.3) is 0 Å². The van der Waals surface area contributed by atoms with E-state index in [0.29, 0.717) is 0 Å². The van der Waals surface area contributed by atoms with E-state index in [0.717, 1.165) is 21.1 Å². The summed E-state index contributed by atoms with van der Waals surface area (Å²) in [5, 5.41) is 5.18. The lowest BCUT2D eigenvalue weighted by molar-refractivity contribution is 0.765. The van der Waals surface area contributed by atoms with Crippen molar-refractivity contribution in [2.24, 2.45) is 12.8 Å². The van der Waals surface area contributed by atoms with Crippen molar-refractivity contribution in [3.63, 3.8) is 0 Å². The summed E-state index contributed by atoms with van der Waals surface area (Å²) in [6.45, 7) is 3.99. The minimum absolute atomic E-state index is 0.107. The Morgan fingerprint density at radius 1 is 1.47 bits per heavy atom. The van der Waals surface area contributed by atoms with E-state index in [4.69, 9.17) is 5.73 Å². The van der Waals surface area contributed by atoms with Crippen LogP contribution < -0.4 is 5.73 Å². The van der Waals surface area contributed by atoms with E-state index in [-0.39, 0.29) is 6.04 Å². The first kappa shape index (κ1) is 10.3. The largest absolute Gasteiger partial charge is 0.319 e. The minimum Gasteiger partial charge on any atom is -0.319 e. The fraction of sp³-hybridized carbons (Fsp3) is 0.400. The summed E-state index contributed by atoms with van der Waals surface area (Å²) in [4.78, 5) is 5.50. The summed E-state index contributed by atoms with van der Waals surface area (Å²) >= 11 is 1.65. The maximum Gasteiger partial charge on any atom is 0.0900 e. The molecule has 2 N–H and O–H groups in total. The Bertz CT molecular complexity index is 471. The van der Waals surface area contributed by atoms with E-state index < -0.39 is 0 Å². The third-order valence-electron chi connectivity index (χ3n) is 2.31. The molecule has 0 aliphatic rings. The fourth-order valence-electron chi connectivity index (χ4n) is 1.59. The van der Waals surface area contributed by atoms with Crippen molar-refractivity contribution >= 4 is 11.3 Å². The van der Waals surface area contributed by atoms with Crippen molar-refractivity contribution in [3.05, 3.63) is 33.5 Å². The zero-order chi connectivity index (χ0) is 11.0. The van der Waals surface area contributed by atoms with Gasteiger partial charge >= 0.3 is 0 Å². The summed E-state index contributed by atoms with van der Waals surface area (Å²) in [5.41, 5.74) is 8.21. The number of hydrogen-bond donors (Lipinski definition) is 1. The van der Waals surface area contributed by atoms with Gasteiger partial charge in [-0.3, -0.25) is 4.68 Å². The predicted molar refractivity (Wildman–Crippen MR) is 60.8 cm³/mol. The van der Waals surface area contributed by atoms with Gasteiger partial charge in [0.25, 0.3) is 0 Å². The van der Waals surface area contributed by atoms with Gasteiger partial charge in [-0.1, -0.05) is 0 Å². The van der Waals surface area contributed by atoms with Gasteiger partial charge in [-0.2, -0.15) is 5.10 Å². The van der Waals surface area contributed by atoms with Gasteiger partial charge in [0.15, 0.2) is 0 Å². The van der Waals surface area contributed by atoms with E-state index in [2.05, 4.69) is 10.1 Å². The molecule has 80 valence electrons. The van der Waals surface area contributed by atoms with E-state index in [9.17, 15) is 0 Å². The number of nitrogens with zero attached hydrogens (tertiary/aromatic N) is 3.